The molecule has 1 aliphatic heterocycles. The molecule has 0 unspecified atom stereocenters. The Morgan fingerprint density at radius 2 is 1.70 bits per heavy atom. The van der Waals surface area contributed by atoms with Crippen molar-refractivity contribution in [1.29, 1.82) is 0 Å². The lowest BCUT2D eigenvalue weighted by Gasteiger charge is -2.37. The van der Waals surface area contributed by atoms with E-state index in [0.29, 0.717) is 50.0 Å². The third-order valence-electron chi connectivity index (χ3n) is 8.79. The number of nitrogens with zero attached hydrogens (tertiary/aromatic N) is 1. The van der Waals surface area contributed by atoms with Gasteiger partial charge in [-0.2, -0.15) is 0 Å². The van der Waals surface area contributed by atoms with Crippen molar-refractivity contribution in [3.63, 3.8) is 0 Å². The fourth-order valence-electron chi connectivity index (χ4n) is 6.20. The first-order valence-electron chi connectivity index (χ1n) is 17.3. The Hall–Kier alpha value is -2.52. The minimum Gasteiger partial charge on any atom is -0.493 e. The molecule has 4 atom stereocenters. The summed E-state index contributed by atoms with van der Waals surface area (Å²) in [6, 6.07) is 5.84. The summed E-state index contributed by atoms with van der Waals surface area (Å²) in [7, 11) is 3.33. The summed E-state index contributed by atoms with van der Waals surface area (Å²) in [6.45, 7) is 22.1. The zero-order valence-corrected chi connectivity index (χ0v) is 30.9. The van der Waals surface area contributed by atoms with Crippen LogP contribution in [-0.4, -0.2) is 74.4 Å². The number of carbonyl (C=O) groups is 2. The SMILES string of the molecule is CCCCNC(=O)[C@@H](C[C@@H]1OC(C)(C)N(C(=O)OC(C)(C)C)[C@H]1C[C@H](Cc1ccc(OC)c(OCCCOC)c1)C(C)C)C(C)C. The van der Waals surface area contributed by atoms with Crippen molar-refractivity contribution in [2.45, 2.75) is 131 Å². The van der Waals surface area contributed by atoms with Gasteiger partial charge in [-0.3, -0.25) is 9.69 Å². The predicted molar refractivity (Wildman–Crippen MR) is 183 cm³/mol. The smallest absolute Gasteiger partial charge is 0.412 e. The lowest BCUT2D eigenvalue weighted by atomic mass is 9.80. The largest absolute Gasteiger partial charge is 0.493 e. The first-order chi connectivity index (χ1) is 21.5. The second-order valence-corrected chi connectivity index (χ2v) is 14.9. The molecule has 0 spiro atoms. The van der Waals surface area contributed by atoms with Crippen LogP contribution in [0.25, 0.3) is 0 Å². The molecule has 0 saturated carbocycles. The van der Waals surface area contributed by atoms with Crippen LogP contribution in [0.15, 0.2) is 18.2 Å². The fraction of sp³-hybridized carbons (Fsp3) is 0.784. The average Bonchev–Trinajstić information content (AvgIpc) is 3.21. The maximum Gasteiger partial charge on any atom is 0.412 e. The molecule has 0 bridgehead atoms. The molecule has 1 aliphatic rings. The maximum atomic E-state index is 13.8. The van der Waals surface area contributed by atoms with Gasteiger partial charge in [-0.15, -0.1) is 0 Å². The van der Waals surface area contributed by atoms with Gasteiger partial charge in [0.1, 0.15) is 11.3 Å². The molecule has 46 heavy (non-hydrogen) atoms. The molecular weight excluding hydrogens is 584 g/mol. The highest BCUT2D eigenvalue weighted by Crippen LogP contribution is 2.41. The van der Waals surface area contributed by atoms with E-state index >= 15 is 0 Å². The number of rotatable bonds is 18. The quantitative estimate of drug-likeness (QED) is 0.164. The Morgan fingerprint density at radius 3 is 2.26 bits per heavy atom. The van der Waals surface area contributed by atoms with Crippen molar-refractivity contribution in [2.24, 2.45) is 23.7 Å². The first-order valence-corrected chi connectivity index (χ1v) is 17.3. The van der Waals surface area contributed by atoms with E-state index in [2.05, 4.69) is 52.1 Å². The summed E-state index contributed by atoms with van der Waals surface area (Å²) < 4.78 is 29.5. The zero-order chi connectivity index (χ0) is 34.7. The second-order valence-electron chi connectivity index (χ2n) is 14.9. The number of unbranched alkanes of at least 4 members (excludes halogenated alkanes) is 1. The van der Waals surface area contributed by atoms with Crippen molar-refractivity contribution in [2.75, 3.05) is 34.0 Å². The van der Waals surface area contributed by atoms with Crippen LogP contribution in [0.1, 0.15) is 107 Å². The van der Waals surface area contributed by atoms with Crippen LogP contribution in [-0.2, 0) is 25.4 Å². The normalized spacial score (nSPS) is 19.3. The molecule has 9 heteroatoms. The van der Waals surface area contributed by atoms with Crippen LogP contribution in [0, 0.1) is 23.7 Å². The van der Waals surface area contributed by atoms with Gasteiger partial charge in [0.05, 0.1) is 25.9 Å². The monoisotopic (exact) mass is 648 g/mol. The van der Waals surface area contributed by atoms with E-state index in [-0.39, 0.29) is 35.8 Å². The van der Waals surface area contributed by atoms with Crippen molar-refractivity contribution in [3.8, 4) is 11.5 Å². The summed E-state index contributed by atoms with van der Waals surface area (Å²) in [5, 5.41) is 3.14. The summed E-state index contributed by atoms with van der Waals surface area (Å²) in [5.74, 6) is 1.86. The summed E-state index contributed by atoms with van der Waals surface area (Å²) in [6.07, 6.45) is 4.03. The van der Waals surface area contributed by atoms with Crippen molar-refractivity contribution in [3.05, 3.63) is 23.8 Å². The second kappa shape index (κ2) is 18.1. The molecule has 264 valence electrons. The molecular formula is C37H64N2O7. The lowest BCUT2D eigenvalue weighted by molar-refractivity contribution is -0.129. The highest BCUT2D eigenvalue weighted by atomic mass is 16.6. The predicted octanol–water partition coefficient (Wildman–Crippen LogP) is 7.63. The van der Waals surface area contributed by atoms with E-state index in [4.69, 9.17) is 23.7 Å². The Kier molecular flexibility index (Phi) is 15.6. The third-order valence-corrected chi connectivity index (χ3v) is 8.79. The van der Waals surface area contributed by atoms with Gasteiger partial charge in [-0.25, -0.2) is 4.79 Å². The summed E-state index contributed by atoms with van der Waals surface area (Å²) >= 11 is 0. The molecule has 1 aromatic carbocycles. The maximum absolute atomic E-state index is 13.8. The van der Waals surface area contributed by atoms with E-state index in [1.807, 2.05) is 40.7 Å². The Balaban J connectivity index is 2.44. The van der Waals surface area contributed by atoms with E-state index in [0.717, 1.165) is 31.2 Å². The Labute approximate surface area is 279 Å². The molecule has 1 heterocycles. The molecule has 0 radical (unpaired) electrons. The van der Waals surface area contributed by atoms with Gasteiger partial charge in [0.25, 0.3) is 0 Å². The average molecular weight is 649 g/mol. The fourth-order valence-corrected chi connectivity index (χ4v) is 6.20. The Morgan fingerprint density at radius 1 is 1.00 bits per heavy atom. The number of amides is 2. The van der Waals surface area contributed by atoms with Gasteiger partial charge >= 0.3 is 6.09 Å². The number of carbonyl (C=O) groups excluding carboxylic acids is 2. The molecule has 2 rings (SSSR count). The molecule has 1 saturated heterocycles. The third kappa shape index (κ3) is 11.9. The van der Waals surface area contributed by atoms with Crippen LogP contribution in [0.4, 0.5) is 4.79 Å². The molecule has 0 aromatic heterocycles. The van der Waals surface area contributed by atoms with Crippen LogP contribution in [0.2, 0.25) is 0 Å². The summed E-state index contributed by atoms with van der Waals surface area (Å²) in [5.41, 5.74) is -0.423. The lowest BCUT2D eigenvalue weighted by Crippen LogP contribution is -2.51. The minimum absolute atomic E-state index is 0.0518. The number of nitrogens with one attached hydrogen (secondary N) is 1. The molecule has 0 aliphatic carbocycles. The van der Waals surface area contributed by atoms with E-state index in [1.54, 1.807) is 19.1 Å². The molecule has 9 nitrogen and oxygen atoms in total. The number of ether oxygens (including phenoxy) is 5. The van der Waals surface area contributed by atoms with Gasteiger partial charge in [0.15, 0.2) is 11.5 Å². The van der Waals surface area contributed by atoms with Gasteiger partial charge in [-0.05, 0) is 95.8 Å². The van der Waals surface area contributed by atoms with Gasteiger partial charge in [-0.1, -0.05) is 47.1 Å². The topological polar surface area (TPSA) is 95.6 Å². The highest BCUT2D eigenvalue weighted by Gasteiger charge is 2.52. The van der Waals surface area contributed by atoms with Crippen LogP contribution >= 0.6 is 0 Å². The first kappa shape index (κ1) is 39.7. The number of benzene rings is 1. The van der Waals surface area contributed by atoms with E-state index < -0.39 is 17.4 Å². The van der Waals surface area contributed by atoms with Crippen LogP contribution in [0.5, 0.6) is 11.5 Å². The highest BCUT2D eigenvalue weighted by molar-refractivity contribution is 5.79. The van der Waals surface area contributed by atoms with Crippen LogP contribution < -0.4 is 14.8 Å². The zero-order valence-electron chi connectivity index (χ0n) is 30.9. The minimum atomic E-state index is -0.900. The standard InChI is InChI=1S/C37H64N2O7/c1-13-14-18-38-34(40)29(26(4)5)24-32-30(39(37(9,10)45-32)35(41)46-36(6,7)8)23-28(25(2)3)21-27-16-17-31(43-12)33(22-27)44-20-15-19-42-11/h16-17,22,25-26,28-30,32H,13-15,18-21,23-24H2,1-12H3,(H,38,40)/t28-,29-,30-,32-/m0/s1. The summed E-state index contributed by atoms with van der Waals surface area (Å²) in [4.78, 5) is 29.0. The van der Waals surface area contributed by atoms with E-state index in [1.165, 1.54) is 0 Å². The molecule has 2 amide bonds. The van der Waals surface area contributed by atoms with Crippen molar-refractivity contribution in [1.82, 2.24) is 10.2 Å². The van der Waals surface area contributed by atoms with Crippen LogP contribution in [0.3, 0.4) is 0 Å². The van der Waals surface area contributed by atoms with E-state index in [9.17, 15) is 9.59 Å². The molecule has 1 aromatic rings. The van der Waals surface area contributed by atoms with Crippen molar-refractivity contribution >= 4 is 12.0 Å². The van der Waals surface area contributed by atoms with Gasteiger partial charge in [0.2, 0.25) is 5.91 Å². The number of methoxy groups -OCH3 is 2. The van der Waals surface area contributed by atoms with Gasteiger partial charge in [0, 0.05) is 32.6 Å². The Bertz CT molecular complexity index is 1080. The molecule has 1 fully saturated rings. The van der Waals surface area contributed by atoms with Gasteiger partial charge < -0.3 is 29.0 Å². The number of hydrogen-bond acceptors (Lipinski definition) is 7. The van der Waals surface area contributed by atoms with Crippen molar-refractivity contribution < 1.29 is 33.3 Å². The molecule has 1 N–H and O–H groups in total. The number of hydrogen-bond donors (Lipinski definition) is 1.